The number of nitrogens with two attached hydrogens (primary N) is 1. The van der Waals surface area contributed by atoms with E-state index in [2.05, 4.69) is 20.9 Å². The number of likely N-dealkylation sites (N-methyl/N-ethyl adjacent to an activating group) is 1. The summed E-state index contributed by atoms with van der Waals surface area (Å²) >= 11 is 3.51. The molecule has 0 saturated carbocycles. The molecule has 0 radical (unpaired) electrons. The molecule has 0 bridgehead atoms. The Morgan fingerprint density at radius 2 is 2.12 bits per heavy atom. The molecule has 1 aromatic rings. The highest BCUT2D eigenvalue weighted by Gasteiger charge is 2.21. The van der Waals surface area contributed by atoms with Gasteiger partial charge in [-0.25, -0.2) is 4.98 Å². The number of hydrogen-bond acceptors (Lipinski definition) is 4. The Kier molecular flexibility index (Phi) is 4.38. The SMILES string of the molecule is CCN(CC(C)(C)O)c1ncc(N)c(C)c1Br. The van der Waals surface area contributed by atoms with Crippen molar-refractivity contribution >= 4 is 27.4 Å². The third kappa shape index (κ3) is 3.57. The maximum Gasteiger partial charge on any atom is 0.143 e. The van der Waals surface area contributed by atoms with Crippen LogP contribution in [-0.4, -0.2) is 28.8 Å². The Labute approximate surface area is 111 Å². The van der Waals surface area contributed by atoms with E-state index in [1.165, 1.54) is 0 Å². The van der Waals surface area contributed by atoms with E-state index in [9.17, 15) is 5.11 Å². The average molecular weight is 302 g/mol. The van der Waals surface area contributed by atoms with Gasteiger partial charge < -0.3 is 15.7 Å². The number of rotatable bonds is 4. The Bertz CT molecular complexity index is 401. The van der Waals surface area contributed by atoms with Crippen LogP contribution in [-0.2, 0) is 0 Å². The molecule has 4 nitrogen and oxygen atoms in total. The first kappa shape index (κ1) is 14.3. The van der Waals surface area contributed by atoms with E-state index in [0.717, 1.165) is 22.4 Å². The molecule has 1 aromatic heterocycles. The molecule has 3 N–H and O–H groups in total. The second-order valence-electron chi connectivity index (χ2n) is 4.80. The number of nitrogens with zero attached hydrogens (tertiary/aromatic N) is 2. The topological polar surface area (TPSA) is 62.4 Å². The van der Waals surface area contributed by atoms with Gasteiger partial charge in [-0.1, -0.05) is 0 Å². The molecule has 0 amide bonds. The van der Waals surface area contributed by atoms with Crippen LogP contribution in [0.5, 0.6) is 0 Å². The van der Waals surface area contributed by atoms with E-state index in [-0.39, 0.29) is 0 Å². The van der Waals surface area contributed by atoms with Crippen LogP contribution in [0.15, 0.2) is 10.7 Å². The van der Waals surface area contributed by atoms with Crippen LogP contribution in [0.1, 0.15) is 26.3 Å². The van der Waals surface area contributed by atoms with Gasteiger partial charge in [0.25, 0.3) is 0 Å². The predicted molar refractivity (Wildman–Crippen MR) is 75.3 cm³/mol. The molecule has 0 unspecified atom stereocenters. The average Bonchev–Trinajstić information content (AvgIpc) is 2.22. The number of aliphatic hydroxyl groups is 1. The van der Waals surface area contributed by atoms with Crippen LogP contribution in [0.2, 0.25) is 0 Å². The van der Waals surface area contributed by atoms with E-state index < -0.39 is 5.60 Å². The molecular weight excluding hydrogens is 282 g/mol. The van der Waals surface area contributed by atoms with Crippen molar-refractivity contribution in [3.8, 4) is 0 Å². The fourth-order valence-electron chi connectivity index (χ4n) is 1.60. The lowest BCUT2D eigenvalue weighted by Gasteiger charge is -2.30. The van der Waals surface area contributed by atoms with Gasteiger partial charge in [0.15, 0.2) is 0 Å². The Balaban J connectivity index is 3.09. The summed E-state index contributed by atoms with van der Waals surface area (Å²) in [7, 11) is 0. The van der Waals surface area contributed by atoms with E-state index in [0.29, 0.717) is 12.2 Å². The molecule has 0 fully saturated rings. The standard InChI is InChI=1S/C12H20BrN3O/c1-5-16(7-12(3,4)17)11-10(13)8(2)9(14)6-15-11/h6,17H,5,7,14H2,1-4H3. The normalized spacial score (nSPS) is 11.6. The number of halogens is 1. The zero-order valence-electron chi connectivity index (χ0n) is 10.8. The minimum absolute atomic E-state index is 0.526. The summed E-state index contributed by atoms with van der Waals surface area (Å²) in [5.41, 5.74) is 6.68. The van der Waals surface area contributed by atoms with E-state index in [4.69, 9.17) is 5.73 Å². The summed E-state index contributed by atoms with van der Waals surface area (Å²) in [4.78, 5) is 6.36. The van der Waals surface area contributed by atoms with Crippen molar-refractivity contribution in [1.82, 2.24) is 4.98 Å². The van der Waals surface area contributed by atoms with Crippen molar-refractivity contribution in [3.63, 3.8) is 0 Å². The molecule has 1 rings (SSSR count). The summed E-state index contributed by atoms with van der Waals surface area (Å²) in [6.45, 7) is 8.85. The van der Waals surface area contributed by atoms with Gasteiger partial charge >= 0.3 is 0 Å². The van der Waals surface area contributed by atoms with Crippen molar-refractivity contribution in [2.45, 2.75) is 33.3 Å². The highest BCUT2D eigenvalue weighted by atomic mass is 79.9. The lowest BCUT2D eigenvalue weighted by Crippen LogP contribution is -2.39. The van der Waals surface area contributed by atoms with Gasteiger partial charge in [-0.15, -0.1) is 0 Å². The molecular formula is C12H20BrN3O. The lowest BCUT2D eigenvalue weighted by atomic mass is 10.1. The second kappa shape index (κ2) is 5.23. The van der Waals surface area contributed by atoms with Gasteiger partial charge in [-0.05, 0) is 49.2 Å². The van der Waals surface area contributed by atoms with Crippen LogP contribution >= 0.6 is 15.9 Å². The molecule has 5 heteroatoms. The maximum atomic E-state index is 9.89. The first-order chi connectivity index (χ1) is 7.76. The number of anilines is 2. The summed E-state index contributed by atoms with van der Waals surface area (Å²) in [5.74, 6) is 0.821. The fraction of sp³-hybridized carbons (Fsp3) is 0.583. The van der Waals surface area contributed by atoms with Crippen LogP contribution < -0.4 is 10.6 Å². The van der Waals surface area contributed by atoms with Gasteiger partial charge in [0.2, 0.25) is 0 Å². The van der Waals surface area contributed by atoms with Gasteiger partial charge in [0.05, 0.1) is 22.0 Å². The second-order valence-corrected chi connectivity index (χ2v) is 5.60. The van der Waals surface area contributed by atoms with Gasteiger partial charge in [-0.3, -0.25) is 0 Å². The summed E-state index contributed by atoms with van der Waals surface area (Å²) in [5, 5.41) is 9.89. The summed E-state index contributed by atoms with van der Waals surface area (Å²) < 4.78 is 0.892. The van der Waals surface area contributed by atoms with E-state index >= 15 is 0 Å². The molecule has 0 atom stereocenters. The molecule has 0 aromatic carbocycles. The van der Waals surface area contributed by atoms with E-state index in [1.54, 1.807) is 20.0 Å². The first-order valence-electron chi connectivity index (χ1n) is 5.64. The maximum absolute atomic E-state index is 9.89. The summed E-state index contributed by atoms with van der Waals surface area (Å²) in [6, 6.07) is 0. The zero-order chi connectivity index (χ0) is 13.2. The van der Waals surface area contributed by atoms with Crippen molar-refractivity contribution in [2.75, 3.05) is 23.7 Å². The Hall–Kier alpha value is -0.810. The third-order valence-electron chi connectivity index (χ3n) is 2.54. The molecule has 1 heterocycles. The molecule has 96 valence electrons. The molecule has 0 spiro atoms. The van der Waals surface area contributed by atoms with Crippen LogP contribution in [0, 0.1) is 6.92 Å². The third-order valence-corrected chi connectivity index (χ3v) is 3.49. The van der Waals surface area contributed by atoms with Crippen LogP contribution in [0.25, 0.3) is 0 Å². The molecule has 0 aliphatic carbocycles. The summed E-state index contributed by atoms with van der Waals surface area (Å²) in [6.07, 6.45) is 1.66. The Morgan fingerprint density at radius 3 is 2.59 bits per heavy atom. The molecule has 0 saturated heterocycles. The van der Waals surface area contributed by atoms with Crippen molar-refractivity contribution in [2.24, 2.45) is 0 Å². The number of hydrogen-bond donors (Lipinski definition) is 2. The van der Waals surface area contributed by atoms with Crippen molar-refractivity contribution in [3.05, 3.63) is 16.2 Å². The van der Waals surface area contributed by atoms with Crippen LogP contribution in [0.4, 0.5) is 11.5 Å². The van der Waals surface area contributed by atoms with Crippen LogP contribution in [0.3, 0.4) is 0 Å². The Morgan fingerprint density at radius 1 is 1.53 bits per heavy atom. The zero-order valence-corrected chi connectivity index (χ0v) is 12.4. The first-order valence-corrected chi connectivity index (χ1v) is 6.43. The lowest BCUT2D eigenvalue weighted by molar-refractivity contribution is 0.0874. The van der Waals surface area contributed by atoms with Crippen molar-refractivity contribution < 1.29 is 5.11 Å². The minimum atomic E-state index is -0.758. The highest BCUT2D eigenvalue weighted by Crippen LogP contribution is 2.30. The monoisotopic (exact) mass is 301 g/mol. The van der Waals surface area contributed by atoms with E-state index in [1.807, 2.05) is 18.7 Å². The van der Waals surface area contributed by atoms with Gasteiger partial charge in [0.1, 0.15) is 5.82 Å². The van der Waals surface area contributed by atoms with Gasteiger partial charge in [0, 0.05) is 13.1 Å². The molecule has 17 heavy (non-hydrogen) atoms. The molecule has 0 aliphatic rings. The number of nitrogen functional groups attached to an aromatic ring is 1. The largest absolute Gasteiger partial charge is 0.397 e. The smallest absolute Gasteiger partial charge is 0.143 e. The number of aromatic nitrogens is 1. The highest BCUT2D eigenvalue weighted by molar-refractivity contribution is 9.10. The number of pyridine rings is 1. The van der Waals surface area contributed by atoms with Crippen molar-refractivity contribution in [1.29, 1.82) is 0 Å². The quantitative estimate of drug-likeness (QED) is 0.896. The molecule has 0 aliphatic heterocycles. The minimum Gasteiger partial charge on any atom is -0.397 e. The van der Waals surface area contributed by atoms with Gasteiger partial charge in [-0.2, -0.15) is 0 Å². The fourth-order valence-corrected chi connectivity index (χ4v) is 2.18. The predicted octanol–water partition coefficient (Wildman–Crippen LogP) is 2.33.